The highest BCUT2D eigenvalue weighted by Gasteiger charge is 2.35. The van der Waals surface area contributed by atoms with E-state index in [4.69, 9.17) is 0 Å². The number of amides is 1. The number of likely N-dealkylation sites (tertiary alicyclic amines) is 1. The van der Waals surface area contributed by atoms with Crippen LogP contribution < -0.4 is 0 Å². The van der Waals surface area contributed by atoms with Gasteiger partial charge in [0.1, 0.15) is 5.75 Å². The van der Waals surface area contributed by atoms with E-state index in [0.29, 0.717) is 13.1 Å². The van der Waals surface area contributed by atoms with E-state index >= 15 is 0 Å². The molecule has 0 radical (unpaired) electrons. The van der Waals surface area contributed by atoms with Crippen molar-refractivity contribution in [3.05, 3.63) is 24.3 Å². The molecule has 0 aromatic heterocycles. The summed E-state index contributed by atoms with van der Waals surface area (Å²) in [6.45, 7) is 4.69. The molecule has 1 fully saturated rings. The number of nitrogens with zero attached hydrogens (tertiary/aromatic N) is 1. The van der Waals surface area contributed by atoms with Crippen LogP contribution in [-0.2, 0) is 14.6 Å². The lowest BCUT2D eigenvalue weighted by Crippen LogP contribution is -2.53. The fraction of sp³-hybridized carbons (Fsp3) is 0.500. The number of rotatable bonds is 4. The fourth-order valence-corrected chi connectivity index (χ4v) is 3.86. The number of aromatic hydroxyl groups is 1. The van der Waals surface area contributed by atoms with E-state index in [1.165, 1.54) is 24.3 Å². The molecule has 110 valence electrons. The molecular formula is C14H19NO4S. The molecular weight excluding hydrogens is 278 g/mol. The maximum Gasteiger partial charge on any atom is 0.225 e. The van der Waals surface area contributed by atoms with Crippen molar-refractivity contribution >= 4 is 15.7 Å². The second-order valence-corrected chi connectivity index (χ2v) is 7.57. The number of phenols is 1. The molecule has 0 bridgehead atoms. The van der Waals surface area contributed by atoms with E-state index in [9.17, 15) is 18.3 Å². The third kappa shape index (κ3) is 3.12. The van der Waals surface area contributed by atoms with Crippen LogP contribution in [0.2, 0.25) is 0 Å². The molecule has 0 spiro atoms. The number of benzene rings is 1. The summed E-state index contributed by atoms with van der Waals surface area (Å²) in [5.74, 6) is 0.102. The lowest BCUT2D eigenvalue weighted by molar-refractivity contribution is -0.140. The molecule has 1 heterocycles. The third-order valence-electron chi connectivity index (χ3n) is 3.41. The van der Waals surface area contributed by atoms with E-state index < -0.39 is 9.84 Å². The molecule has 1 aliphatic heterocycles. The van der Waals surface area contributed by atoms with Gasteiger partial charge in [0.05, 0.1) is 10.6 Å². The van der Waals surface area contributed by atoms with Gasteiger partial charge in [0.15, 0.2) is 9.84 Å². The van der Waals surface area contributed by atoms with Crippen molar-refractivity contribution in [3.63, 3.8) is 0 Å². The highest BCUT2D eigenvalue weighted by molar-refractivity contribution is 7.91. The minimum absolute atomic E-state index is 0.00324. The smallest absolute Gasteiger partial charge is 0.225 e. The molecule has 1 saturated heterocycles. The summed E-state index contributed by atoms with van der Waals surface area (Å²) in [7, 11) is -3.36. The lowest BCUT2D eigenvalue weighted by atomic mass is 10.0. The molecule has 1 aromatic rings. The molecule has 1 aliphatic rings. The first-order valence-corrected chi connectivity index (χ1v) is 8.25. The Hall–Kier alpha value is -1.56. The standard InChI is InChI=1S/C14H19NO4S/c1-10(2)14(17)15-7-11(8-15)9-20(18,19)13-5-3-12(16)4-6-13/h3-6,10-11,16H,7-9H2,1-2H3. The average molecular weight is 297 g/mol. The average Bonchev–Trinajstić information content (AvgIpc) is 2.33. The van der Waals surface area contributed by atoms with Gasteiger partial charge in [0, 0.05) is 24.9 Å². The van der Waals surface area contributed by atoms with Gasteiger partial charge in [-0.15, -0.1) is 0 Å². The molecule has 2 rings (SSSR count). The molecule has 20 heavy (non-hydrogen) atoms. The fourth-order valence-electron chi connectivity index (χ4n) is 2.28. The van der Waals surface area contributed by atoms with E-state index in [1.54, 1.807) is 4.90 Å². The van der Waals surface area contributed by atoms with Crippen molar-refractivity contribution < 1.29 is 18.3 Å². The molecule has 1 aromatic carbocycles. The Morgan fingerprint density at radius 1 is 1.30 bits per heavy atom. The van der Waals surface area contributed by atoms with Crippen LogP contribution in [-0.4, -0.2) is 43.2 Å². The number of hydrogen-bond acceptors (Lipinski definition) is 4. The highest BCUT2D eigenvalue weighted by Crippen LogP contribution is 2.23. The van der Waals surface area contributed by atoms with Crippen LogP contribution in [0.1, 0.15) is 13.8 Å². The van der Waals surface area contributed by atoms with Gasteiger partial charge in [-0.25, -0.2) is 8.42 Å². The number of hydrogen-bond donors (Lipinski definition) is 1. The van der Waals surface area contributed by atoms with Gasteiger partial charge >= 0.3 is 0 Å². The van der Waals surface area contributed by atoms with Gasteiger partial charge in [-0.2, -0.15) is 0 Å². The SMILES string of the molecule is CC(C)C(=O)N1CC(CS(=O)(=O)c2ccc(O)cc2)C1. The van der Waals surface area contributed by atoms with Crippen LogP contribution in [0.5, 0.6) is 5.75 Å². The van der Waals surface area contributed by atoms with Gasteiger partial charge in [-0.05, 0) is 24.3 Å². The minimum atomic E-state index is -3.36. The lowest BCUT2D eigenvalue weighted by Gasteiger charge is -2.40. The Morgan fingerprint density at radius 2 is 1.85 bits per heavy atom. The van der Waals surface area contributed by atoms with Crippen LogP contribution in [0.15, 0.2) is 29.2 Å². The van der Waals surface area contributed by atoms with Crippen molar-refractivity contribution in [2.45, 2.75) is 18.7 Å². The summed E-state index contributed by atoms with van der Waals surface area (Å²) < 4.78 is 24.3. The number of carbonyl (C=O) groups is 1. The maximum absolute atomic E-state index is 12.2. The molecule has 1 N–H and O–H groups in total. The third-order valence-corrected chi connectivity index (χ3v) is 5.31. The first kappa shape index (κ1) is 14.8. The van der Waals surface area contributed by atoms with Crippen LogP contribution in [0.25, 0.3) is 0 Å². The first-order valence-electron chi connectivity index (χ1n) is 6.60. The summed E-state index contributed by atoms with van der Waals surface area (Å²) >= 11 is 0. The van der Waals surface area contributed by atoms with E-state index in [-0.39, 0.29) is 34.1 Å². The second kappa shape index (κ2) is 5.44. The van der Waals surface area contributed by atoms with Crippen LogP contribution in [0.4, 0.5) is 0 Å². The van der Waals surface area contributed by atoms with Crippen molar-refractivity contribution in [3.8, 4) is 5.75 Å². The van der Waals surface area contributed by atoms with Crippen LogP contribution in [0, 0.1) is 11.8 Å². The molecule has 1 amide bonds. The van der Waals surface area contributed by atoms with Crippen molar-refractivity contribution in [1.29, 1.82) is 0 Å². The number of sulfone groups is 1. The minimum Gasteiger partial charge on any atom is -0.508 e. The monoisotopic (exact) mass is 297 g/mol. The van der Waals surface area contributed by atoms with E-state index in [2.05, 4.69) is 0 Å². The van der Waals surface area contributed by atoms with Crippen LogP contribution in [0.3, 0.4) is 0 Å². The predicted molar refractivity (Wildman–Crippen MR) is 75.1 cm³/mol. The van der Waals surface area contributed by atoms with Crippen molar-refractivity contribution in [2.75, 3.05) is 18.8 Å². The zero-order valence-electron chi connectivity index (χ0n) is 11.6. The van der Waals surface area contributed by atoms with Gasteiger partial charge in [0.25, 0.3) is 0 Å². The Balaban J connectivity index is 1.95. The van der Waals surface area contributed by atoms with E-state index in [1.807, 2.05) is 13.8 Å². The molecule has 0 atom stereocenters. The van der Waals surface area contributed by atoms with Gasteiger partial charge in [0.2, 0.25) is 5.91 Å². The van der Waals surface area contributed by atoms with Crippen LogP contribution >= 0.6 is 0 Å². The number of carbonyl (C=O) groups excluding carboxylic acids is 1. The Bertz CT molecular complexity index is 586. The van der Waals surface area contributed by atoms with Crippen molar-refractivity contribution in [2.24, 2.45) is 11.8 Å². The Labute approximate surface area is 119 Å². The normalized spacial score (nSPS) is 16.2. The molecule has 6 heteroatoms. The summed E-state index contributed by atoms with van der Waals surface area (Å²) in [4.78, 5) is 13.6. The van der Waals surface area contributed by atoms with Gasteiger partial charge in [-0.3, -0.25) is 4.79 Å². The predicted octanol–water partition coefficient (Wildman–Crippen LogP) is 1.28. The Kier molecular flexibility index (Phi) is 4.04. The zero-order chi connectivity index (χ0) is 14.9. The summed E-state index contributed by atoms with van der Waals surface area (Å²) in [5, 5.41) is 9.17. The quantitative estimate of drug-likeness (QED) is 0.908. The zero-order valence-corrected chi connectivity index (χ0v) is 12.4. The first-order chi connectivity index (χ1) is 9.29. The number of phenolic OH excluding ortho intramolecular Hbond substituents is 1. The largest absolute Gasteiger partial charge is 0.508 e. The molecule has 0 unspecified atom stereocenters. The highest BCUT2D eigenvalue weighted by atomic mass is 32.2. The van der Waals surface area contributed by atoms with Crippen molar-refractivity contribution in [1.82, 2.24) is 4.90 Å². The Morgan fingerprint density at radius 3 is 2.35 bits per heavy atom. The van der Waals surface area contributed by atoms with Gasteiger partial charge < -0.3 is 10.0 Å². The molecule has 0 saturated carbocycles. The summed E-state index contributed by atoms with van der Waals surface area (Å²) in [5.41, 5.74) is 0. The topological polar surface area (TPSA) is 74.7 Å². The molecule has 5 nitrogen and oxygen atoms in total. The van der Waals surface area contributed by atoms with E-state index in [0.717, 1.165) is 0 Å². The summed E-state index contributed by atoms with van der Waals surface area (Å²) in [6.07, 6.45) is 0. The van der Waals surface area contributed by atoms with Gasteiger partial charge in [-0.1, -0.05) is 13.8 Å². The maximum atomic E-state index is 12.2. The second-order valence-electron chi connectivity index (χ2n) is 5.54. The summed E-state index contributed by atoms with van der Waals surface area (Å²) in [6, 6.07) is 5.53. The molecule has 0 aliphatic carbocycles.